The molecule has 1 aromatic carbocycles. The van der Waals surface area contributed by atoms with E-state index in [0.29, 0.717) is 25.1 Å². The normalized spacial score (nSPS) is 10.4. The molecule has 5 N–H and O–H groups in total. The highest BCUT2D eigenvalue weighted by molar-refractivity contribution is 5.90. The molecule has 0 radical (unpaired) electrons. The minimum atomic E-state index is -0.172. The van der Waals surface area contributed by atoms with Gasteiger partial charge in [0.15, 0.2) is 0 Å². The monoisotopic (exact) mass is 260 g/mol. The van der Waals surface area contributed by atoms with Crippen LogP contribution in [-0.4, -0.2) is 22.6 Å². The molecule has 0 aliphatic rings. The van der Waals surface area contributed by atoms with Crippen molar-refractivity contribution >= 4 is 11.6 Å². The number of hydrogen-bond donors (Lipinski definition) is 4. The standard InChI is InChI=1S/C13H16N4O2/c14-7-1-2-12(18)15-10-5-3-9(4-6-10)11-8-13(19)17-16-11/h3-6,8H,1-2,7,14H2,(H,15,18)(H2,16,17,19). The van der Waals surface area contributed by atoms with Gasteiger partial charge in [-0.3, -0.25) is 19.8 Å². The van der Waals surface area contributed by atoms with E-state index in [9.17, 15) is 9.59 Å². The first-order valence-electron chi connectivity index (χ1n) is 6.07. The van der Waals surface area contributed by atoms with Crippen LogP contribution < -0.4 is 16.6 Å². The van der Waals surface area contributed by atoms with E-state index in [-0.39, 0.29) is 11.5 Å². The van der Waals surface area contributed by atoms with E-state index in [1.165, 1.54) is 6.07 Å². The Kier molecular flexibility index (Phi) is 4.15. The predicted molar refractivity (Wildman–Crippen MR) is 73.8 cm³/mol. The number of rotatable bonds is 5. The third kappa shape index (κ3) is 3.56. The summed E-state index contributed by atoms with van der Waals surface area (Å²) in [5.41, 5.74) is 7.49. The molecule has 0 aliphatic carbocycles. The zero-order valence-electron chi connectivity index (χ0n) is 10.4. The fourth-order valence-electron chi connectivity index (χ4n) is 1.71. The molecule has 19 heavy (non-hydrogen) atoms. The molecule has 2 aromatic rings. The first-order valence-corrected chi connectivity index (χ1v) is 6.07. The molecule has 6 heteroatoms. The van der Waals surface area contributed by atoms with E-state index in [1.54, 1.807) is 12.1 Å². The van der Waals surface area contributed by atoms with Crippen molar-refractivity contribution in [3.8, 4) is 11.3 Å². The van der Waals surface area contributed by atoms with Crippen LogP contribution in [-0.2, 0) is 4.79 Å². The van der Waals surface area contributed by atoms with Crippen LogP contribution in [0.2, 0.25) is 0 Å². The maximum atomic E-state index is 11.5. The highest BCUT2D eigenvalue weighted by Crippen LogP contribution is 2.18. The average molecular weight is 260 g/mol. The second-order valence-corrected chi connectivity index (χ2v) is 4.19. The van der Waals surface area contributed by atoms with E-state index >= 15 is 0 Å². The van der Waals surface area contributed by atoms with Gasteiger partial charge in [0, 0.05) is 18.2 Å². The number of hydrogen-bond acceptors (Lipinski definition) is 3. The third-order valence-corrected chi connectivity index (χ3v) is 2.68. The van der Waals surface area contributed by atoms with Crippen LogP contribution in [0.5, 0.6) is 0 Å². The van der Waals surface area contributed by atoms with Crippen molar-refractivity contribution < 1.29 is 4.79 Å². The molecule has 6 nitrogen and oxygen atoms in total. The molecule has 0 bridgehead atoms. The third-order valence-electron chi connectivity index (χ3n) is 2.68. The highest BCUT2D eigenvalue weighted by Gasteiger charge is 2.03. The predicted octanol–water partition coefficient (Wildman–Crippen LogP) is 1.05. The van der Waals surface area contributed by atoms with Crippen molar-refractivity contribution in [1.29, 1.82) is 0 Å². The van der Waals surface area contributed by atoms with E-state index in [4.69, 9.17) is 5.73 Å². The summed E-state index contributed by atoms with van der Waals surface area (Å²) < 4.78 is 0. The largest absolute Gasteiger partial charge is 0.330 e. The molecule has 0 atom stereocenters. The van der Waals surface area contributed by atoms with Crippen molar-refractivity contribution in [3.05, 3.63) is 40.7 Å². The average Bonchev–Trinajstić information content (AvgIpc) is 2.84. The second kappa shape index (κ2) is 6.01. The van der Waals surface area contributed by atoms with E-state index in [1.807, 2.05) is 12.1 Å². The molecule has 1 aromatic heterocycles. The Morgan fingerprint density at radius 1 is 1.21 bits per heavy atom. The number of amides is 1. The zero-order chi connectivity index (χ0) is 13.7. The number of aromatic nitrogens is 2. The lowest BCUT2D eigenvalue weighted by atomic mass is 10.1. The summed E-state index contributed by atoms with van der Waals surface area (Å²) in [6, 6.07) is 8.73. The first kappa shape index (κ1) is 13.1. The Balaban J connectivity index is 2.02. The van der Waals surface area contributed by atoms with Gasteiger partial charge in [0.25, 0.3) is 5.56 Å². The highest BCUT2D eigenvalue weighted by atomic mass is 16.1. The maximum Gasteiger partial charge on any atom is 0.264 e. The van der Waals surface area contributed by atoms with Gasteiger partial charge in [-0.25, -0.2) is 0 Å². The molecule has 0 aliphatic heterocycles. The summed E-state index contributed by atoms with van der Waals surface area (Å²) in [7, 11) is 0. The molecular weight excluding hydrogens is 244 g/mol. The van der Waals surface area contributed by atoms with Crippen LogP contribution in [0.15, 0.2) is 35.1 Å². The number of carbonyl (C=O) groups is 1. The number of nitrogens with one attached hydrogen (secondary N) is 3. The molecule has 0 unspecified atom stereocenters. The molecule has 0 saturated carbocycles. The lowest BCUT2D eigenvalue weighted by molar-refractivity contribution is -0.116. The smallest absolute Gasteiger partial charge is 0.264 e. The summed E-state index contributed by atoms with van der Waals surface area (Å²) in [6.45, 7) is 0.507. The van der Waals surface area contributed by atoms with Gasteiger partial charge in [0.05, 0.1) is 5.69 Å². The van der Waals surface area contributed by atoms with Gasteiger partial charge < -0.3 is 11.1 Å². The van der Waals surface area contributed by atoms with Crippen LogP contribution in [0.25, 0.3) is 11.3 Å². The topological polar surface area (TPSA) is 104 Å². The number of H-pyrrole nitrogens is 2. The summed E-state index contributed by atoms with van der Waals surface area (Å²) in [5, 5.41) is 8.03. The summed E-state index contributed by atoms with van der Waals surface area (Å²) in [6.07, 6.45) is 1.10. The Morgan fingerprint density at radius 3 is 2.53 bits per heavy atom. The molecule has 0 fully saturated rings. The van der Waals surface area contributed by atoms with Crippen LogP contribution in [0, 0.1) is 0 Å². The van der Waals surface area contributed by atoms with Crippen LogP contribution >= 0.6 is 0 Å². The molecule has 1 amide bonds. The Morgan fingerprint density at radius 2 is 1.95 bits per heavy atom. The molecule has 100 valence electrons. The van der Waals surface area contributed by atoms with Crippen molar-refractivity contribution in [1.82, 2.24) is 10.2 Å². The Bertz CT molecular complexity index is 598. The quantitative estimate of drug-likeness (QED) is 0.645. The minimum Gasteiger partial charge on any atom is -0.330 e. The van der Waals surface area contributed by atoms with Gasteiger partial charge in [-0.2, -0.15) is 0 Å². The van der Waals surface area contributed by atoms with Gasteiger partial charge in [0.1, 0.15) is 0 Å². The first-order chi connectivity index (χ1) is 9.19. The van der Waals surface area contributed by atoms with Gasteiger partial charge >= 0.3 is 0 Å². The number of carbonyl (C=O) groups excluding carboxylic acids is 1. The second-order valence-electron chi connectivity index (χ2n) is 4.19. The number of anilines is 1. The lowest BCUT2D eigenvalue weighted by Gasteiger charge is -2.05. The Labute approximate surface area is 110 Å². The minimum absolute atomic E-state index is 0.0479. The van der Waals surface area contributed by atoms with Crippen LogP contribution in [0.3, 0.4) is 0 Å². The fraction of sp³-hybridized carbons (Fsp3) is 0.231. The molecule has 0 spiro atoms. The molecule has 1 heterocycles. The molecule has 2 rings (SSSR count). The van der Waals surface area contributed by atoms with Crippen molar-refractivity contribution in [2.24, 2.45) is 5.73 Å². The van der Waals surface area contributed by atoms with Gasteiger partial charge in [-0.1, -0.05) is 12.1 Å². The fourth-order valence-corrected chi connectivity index (χ4v) is 1.71. The van der Waals surface area contributed by atoms with E-state index in [2.05, 4.69) is 15.5 Å². The van der Waals surface area contributed by atoms with Crippen LogP contribution in [0.4, 0.5) is 5.69 Å². The zero-order valence-corrected chi connectivity index (χ0v) is 10.4. The van der Waals surface area contributed by atoms with Gasteiger partial charge in [-0.05, 0) is 30.7 Å². The number of aromatic amines is 2. The molecule has 0 saturated heterocycles. The van der Waals surface area contributed by atoms with Crippen molar-refractivity contribution in [2.45, 2.75) is 12.8 Å². The van der Waals surface area contributed by atoms with Gasteiger partial charge in [-0.15, -0.1) is 0 Å². The SMILES string of the molecule is NCCCC(=O)Nc1ccc(-c2cc(=O)[nH][nH]2)cc1. The summed E-state index contributed by atoms with van der Waals surface area (Å²) in [4.78, 5) is 22.5. The Hall–Kier alpha value is -2.34. The van der Waals surface area contributed by atoms with Gasteiger partial charge in [0.2, 0.25) is 5.91 Å². The van der Waals surface area contributed by atoms with E-state index in [0.717, 1.165) is 11.3 Å². The maximum absolute atomic E-state index is 11.5. The summed E-state index contributed by atoms with van der Waals surface area (Å²) >= 11 is 0. The van der Waals surface area contributed by atoms with Crippen molar-refractivity contribution in [3.63, 3.8) is 0 Å². The lowest BCUT2D eigenvalue weighted by Crippen LogP contribution is -2.13. The van der Waals surface area contributed by atoms with Crippen molar-refractivity contribution in [2.75, 3.05) is 11.9 Å². The number of benzene rings is 1. The van der Waals surface area contributed by atoms with E-state index < -0.39 is 0 Å². The summed E-state index contributed by atoms with van der Waals surface area (Å²) in [5.74, 6) is -0.0479. The molecular formula is C13H16N4O2. The number of nitrogens with two attached hydrogens (primary N) is 1. The van der Waals surface area contributed by atoms with Crippen LogP contribution in [0.1, 0.15) is 12.8 Å².